The van der Waals surface area contributed by atoms with Crippen molar-refractivity contribution in [1.82, 2.24) is 14.8 Å². The van der Waals surface area contributed by atoms with E-state index in [1.807, 2.05) is 0 Å². The zero-order valence-corrected chi connectivity index (χ0v) is 17.3. The Labute approximate surface area is 181 Å². The summed E-state index contributed by atoms with van der Waals surface area (Å²) < 4.78 is 79.9. The number of nitrogens with zero attached hydrogens (tertiary/aromatic N) is 2. The summed E-state index contributed by atoms with van der Waals surface area (Å²) in [5.74, 6) is -3.62. The number of nitrogens with one attached hydrogen (secondary N) is 1. The average molecular weight is 461 g/mol. The molecule has 2 aliphatic rings. The number of carbonyl (C=O) groups excluding carboxylic acids is 1. The van der Waals surface area contributed by atoms with Gasteiger partial charge in [-0.3, -0.25) is 4.79 Å². The van der Waals surface area contributed by atoms with Gasteiger partial charge < -0.3 is 14.8 Å². The second-order valence-electron chi connectivity index (χ2n) is 8.70. The lowest BCUT2D eigenvalue weighted by Crippen LogP contribution is -2.43. The molecule has 10 heteroatoms. The van der Waals surface area contributed by atoms with Gasteiger partial charge in [0.05, 0.1) is 5.92 Å². The van der Waals surface area contributed by atoms with Gasteiger partial charge in [0.2, 0.25) is 5.91 Å². The molecule has 1 amide bonds. The summed E-state index contributed by atoms with van der Waals surface area (Å²) in [5.41, 5.74) is 0.858. The zero-order chi connectivity index (χ0) is 23.1. The third kappa shape index (κ3) is 4.89. The summed E-state index contributed by atoms with van der Waals surface area (Å²) in [4.78, 5) is 14.9. The predicted molar refractivity (Wildman–Crippen MR) is 107 cm³/mol. The normalized spacial score (nSPS) is 20.2. The second-order valence-corrected chi connectivity index (χ2v) is 8.70. The fourth-order valence-electron chi connectivity index (χ4n) is 4.44. The first-order valence-electron chi connectivity index (χ1n) is 10.8. The zero-order valence-electron chi connectivity index (χ0n) is 17.3. The first-order valence-corrected chi connectivity index (χ1v) is 10.8. The Kier molecular flexibility index (Phi) is 6.17. The van der Waals surface area contributed by atoms with Crippen LogP contribution in [0.4, 0.5) is 26.3 Å². The number of amides is 1. The molecular formula is C22H25F6N3O. The van der Waals surface area contributed by atoms with Crippen molar-refractivity contribution in [3.8, 4) is 0 Å². The van der Waals surface area contributed by atoms with Crippen LogP contribution in [0.1, 0.15) is 31.2 Å². The molecule has 0 radical (unpaired) electrons. The Morgan fingerprint density at radius 2 is 1.78 bits per heavy atom. The lowest BCUT2D eigenvalue weighted by Gasteiger charge is -2.30. The molecule has 1 atom stereocenters. The molecule has 4 nitrogen and oxygen atoms in total. The third-order valence-electron chi connectivity index (χ3n) is 6.30. The molecule has 2 fully saturated rings. The maximum Gasteiger partial charge on any atom is 0.402 e. The van der Waals surface area contributed by atoms with Crippen molar-refractivity contribution < 1.29 is 31.1 Å². The van der Waals surface area contributed by atoms with E-state index in [4.69, 9.17) is 0 Å². The Bertz CT molecular complexity index is 943. The minimum atomic E-state index is -5.41. The number of piperidine rings is 1. The van der Waals surface area contributed by atoms with Crippen LogP contribution >= 0.6 is 0 Å². The highest BCUT2D eigenvalue weighted by atomic mass is 19.4. The van der Waals surface area contributed by atoms with Crippen LogP contribution in [0.2, 0.25) is 0 Å². The van der Waals surface area contributed by atoms with Crippen molar-refractivity contribution in [3.63, 3.8) is 0 Å². The second kappa shape index (κ2) is 8.61. The molecule has 1 aromatic heterocycles. The number of halogens is 6. The molecule has 1 saturated carbocycles. The number of hydrogen-bond acceptors (Lipinski definition) is 2. The topological polar surface area (TPSA) is 37.3 Å². The minimum absolute atomic E-state index is 0.00000861. The van der Waals surface area contributed by atoms with E-state index in [1.54, 1.807) is 23.1 Å². The van der Waals surface area contributed by atoms with Gasteiger partial charge in [-0.25, -0.2) is 0 Å². The minimum Gasteiger partial charge on any atom is -0.346 e. The van der Waals surface area contributed by atoms with Crippen LogP contribution in [-0.2, 0) is 17.9 Å². The van der Waals surface area contributed by atoms with Crippen LogP contribution in [0.25, 0.3) is 10.9 Å². The van der Waals surface area contributed by atoms with E-state index in [9.17, 15) is 31.1 Å². The van der Waals surface area contributed by atoms with Crippen molar-refractivity contribution in [3.05, 3.63) is 36.0 Å². The first-order chi connectivity index (χ1) is 15.1. The van der Waals surface area contributed by atoms with Gasteiger partial charge in [0.25, 0.3) is 0 Å². The molecule has 0 spiro atoms. The van der Waals surface area contributed by atoms with Crippen molar-refractivity contribution in [2.45, 2.75) is 57.2 Å². The van der Waals surface area contributed by atoms with E-state index in [-0.39, 0.29) is 24.4 Å². The van der Waals surface area contributed by atoms with Gasteiger partial charge in [-0.05, 0) is 43.9 Å². The molecule has 1 unspecified atom stereocenters. The Hall–Kier alpha value is -2.23. The summed E-state index contributed by atoms with van der Waals surface area (Å²) in [6.45, 7) is 0.372. The highest BCUT2D eigenvalue weighted by Crippen LogP contribution is 2.41. The molecular weight excluding hydrogens is 436 g/mol. The van der Waals surface area contributed by atoms with E-state index in [1.165, 1.54) is 12.3 Å². The van der Waals surface area contributed by atoms with Gasteiger partial charge in [-0.2, -0.15) is 26.3 Å². The predicted octanol–water partition coefficient (Wildman–Crippen LogP) is 4.87. The monoisotopic (exact) mass is 461 g/mol. The van der Waals surface area contributed by atoms with Crippen LogP contribution in [0.15, 0.2) is 30.5 Å². The number of hydrogen-bond donors (Lipinski definition) is 1. The van der Waals surface area contributed by atoms with Crippen LogP contribution in [-0.4, -0.2) is 46.9 Å². The number of carbonyl (C=O) groups is 1. The highest BCUT2D eigenvalue weighted by molar-refractivity contribution is 5.85. The van der Waals surface area contributed by atoms with Crippen molar-refractivity contribution in [2.24, 2.45) is 11.8 Å². The van der Waals surface area contributed by atoms with E-state index < -0.39 is 24.8 Å². The molecule has 1 aliphatic carbocycles. The smallest absolute Gasteiger partial charge is 0.346 e. The van der Waals surface area contributed by atoms with Crippen molar-refractivity contribution in [1.29, 1.82) is 0 Å². The van der Waals surface area contributed by atoms with Gasteiger partial charge in [0, 0.05) is 42.8 Å². The summed E-state index contributed by atoms with van der Waals surface area (Å²) in [6, 6.07) is 6.53. The fourth-order valence-corrected chi connectivity index (χ4v) is 4.44. The van der Waals surface area contributed by atoms with Crippen LogP contribution in [0.3, 0.4) is 0 Å². The fraction of sp³-hybridized carbons (Fsp3) is 0.591. The Morgan fingerprint density at radius 3 is 2.38 bits per heavy atom. The molecule has 2 heterocycles. The molecule has 32 heavy (non-hydrogen) atoms. The van der Waals surface area contributed by atoms with Gasteiger partial charge in [0.1, 0.15) is 0 Å². The van der Waals surface area contributed by atoms with E-state index in [2.05, 4.69) is 5.32 Å². The lowest BCUT2D eigenvalue weighted by atomic mass is 9.97. The van der Waals surface area contributed by atoms with Gasteiger partial charge in [0.15, 0.2) is 5.92 Å². The number of alkyl halides is 6. The largest absolute Gasteiger partial charge is 0.402 e. The molecule has 1 N–H and O–H groups in total. The summed E-state index contributed by atoms with van der Waals surface area (Å²) >= 11 is 0. The maximum atomic E-state index is 13.2. The Balaban J connectivity index is 1.64. The van der Waals surface area contributed by atoms with Crippen molar-refractivity contribution >= 4 is 16.8 Å². The quantitative estimate of drug-likeness (QED) is 0.624. The molecule has 1 aliphatic heterocycles. The molecule has 176 valence electrons. The van der Waals surface area contributed by atoms with E-state index in [0.717, 1.165) is 36.8 Å². The van der Waals surface area contributed by atoms with Gasteiger partial charge in [-0.15, -0.1) is 0 Å². The molecule has 2 aromatic rings. The maximum absolute atomic E-state index is 13.2. The molecule has 1 saturated heterocycles. The molecule has 0 bridgehead atoms. The van der Waals surface area contributed by atoms with E-state index >= 15 is 0 Å². The molecule has 1 aromatic carbocycles. The van der Waals surface area contributed by atoms with E-state index in [0.29, 0.717) is 23.0 Å². The summed E-state index contributed by atoms with van der Waals surface area (Å²) in [5, 5.41) is 3.78. The van der Waals surface area contributed by atoms with Crippen molar-refractivity contribution in [2.75, 3.05) is 13.1 Å². The number of rotatable bonds is 6. The Morgan fingerprint density at radius 1 is 1.09 bits per heavy atom. The lowest BCUT2D eigenvalue weighted by molar-refractivity contribution is -0.287. The number of para-hydroxylation sites is 1. The third-order valence-corrected chi connectivity index (χ3v) is 6.30. The van der Waals surface area contributed by atoms with Gasteiger partial charge in [-0.1, -0.05) is 18.2 Å². The SMILES string of the molecule is O=C(C1CCCNC1)N(Cc1cn(CC(C(F)(F)F)C(F)(F)F)c2ccccc12)C1CC1. The summed E-state index contributed by atoms with van der Waals surface area (Å²) in [7, 11) is 0. The number of aromatic nitrogens is 1. The number of fused-ring (bicyclic) bond motifs is 1. The molecule has 4 rings (SSSR count). The first kappa shape index (κ1) is 22.9. The van der Waals surface area contributed by atoms with Crippen LogP contribution in [0, 0.1) is 11.8 Å². The number of benzene rings is 1. The van der Waals surface area contributed by atoms with Crippen LogP contribution < -0.4 is 5.32 Å². The standard InChI is InChI=1S/C22H25F6N3O/c23-21(24,25)19(22(26,27)28)13-30-11-15(17-5-1-2-6-18(17)30)12-31(16-7-8-16)20(32)14-4-3-9-29-10-14/h1-2,5-6,11,14,16,19,29H,3-4,7-10,12-13H2. The van der Waals surface area contributed by atoms with Crippen LogP contribution in [0.5, 0.6) is 0 Å². The van der Waals surface area contributed by atoms with Gasteiger partial charge >= 0.3 is 12.4 Å². The summed E-state index contributed by atoms with van der Waals surface area (Å²) in [6.07, 6.45) is -6.10. The average Bonchev–Trinajstić information content (AvgIpc) is 3.51. The highest BCUT2D eigenvalue weighted by Gasteiger charge is 2.56.